The Balaban J connectivity index is 1.17. The topological polar surface area (TPSA) is 329 Å². The molecule has 20 unspecified atom stereocenters. The number of hydrogen-bond donors (Lipinski definition) is 14. The van der Waals surface area contributed by atoms with E-state index in [4.69, 9.17) is 23.7 Å². The highest BCUT2D eigenvalue weighted by molar-refractivity contribution is 5.47. The van der Waals surface area contributed by atoms with E-state index in [0.717, 1.165) is 18.4 Å². The Morgan fingerprint density at radius 1 is 0.657 bits per heavy atom. The third-order valence-electron chi connectivity index (χ3n) is 19.4. The predicted molar refractivity (Wildman–Crippen MR) is 233 cm³/mol. The van der Waals surface area contributed by atoms with Gasteiger partial charge in [-0.05, 0) is 85.0 Å². The summed E-state index contributed by atoms with van der Waals surface area (Å²) in [5.74, 6) is -4.01. The lowest BCUT2D eigenvalue weighted by molar-refractivity contribution is -0.434. The summed E-state index contributed by atoms with van der Waals surface area (Å²) >= 11 is 0. The first-order valence-corrected chi connectivity index (χ1v) is 24.3. The number of aliphatic hydroxyl groups excluding tert-OH is 14. The summed E-state index contributed by atoms with van der Waals surface area (Å²) in [5, 5.41) is 155. The van der Waals surface area contributed by atoms with Crippen LogP contribution in [-0.2, 0) is 23.7 Å². The highest BCUT2D eigenvalue weighted by atomic mass is 16.8. The molecule has 3 aliphatic heterocycles. The molecule has 0 bridgehead atoms. The highest BCUT2D eigenvalue weighted by Crippen LogP contribution is 2.75. The van der Waals surface area contributed by atoms with Crippen molar-refractivity contribution in [1.29, 1.82) is 0 Å². The number of allylic oxidation sites excluding steroid dienone is 3. The zero-order chi connectivity index (χ0) is 49.2. The molecular weight excluding hydrogens is 881 g/mol. The fraction of sp³-hybridized carbons (Fsp3) is 0.917. The second kappa shape index (κ2) is 18.0. The summed E-state index contributed by atoms with van der Waals surface area (Å²) in [6.07, 6.45) is -17.1. The van der Waals surface area contributed by atoms with E-state index in [1.54, 1.807) is 0 Å². The second-order valence-electron chi connectivity index (χ2n) is 23.4. The summed E-state index contributed by atoms with van der Waals surface area (Å²) in [5.41, 5.74) is -1.13. The van der Waals surface area contributed by atoms with Gasteiger partial charge in [-0.15, -0.1) is 0 Å². The smallest absolute Gasteiger partial charge is 0.201 e. The van der Waals surface area contributed by atoms with E-state index in [0.29, 0.717) is 32.1 Å². The third kappa shape index (κ3) is 7.63. The minimum Gasteiger partial charge on any atom is -0.396 e. The third-order valence-corrected chi connectivity index (χ3v) is 19.4. The predicted octanol–water partition coefficient (Wildman–Crippen LogP) is -1.93. The van der Waals surface area contributed by atoms with Crippen LogP contribution in [0.25, 0.3) is 0 Å². The SMILES string of the molecule is CC1(C)CC[C@@]2(CO)C(=C3C=CC4[C@@]5(C)CCC(C6(OC7C(COC8OC(CO)C(O)C(O)C8O)OC(O)C(O)C7O)OC(CO)C(O)C(O)C6O)C(C)(CO)C5CC[C@@]4(C)[C@]3(C)CC2O)C1. The highest BCUT2D eigenvalue weighted by Gasteiger charge is 2.73. The number of aliphatic hydroxyl groups is 14. The maximum atomic E-state index is 12.3. The van der Waals surface area contributed by atoms with Crippen molar-refractivity contribution in [2.45, 2.75) is 191 Å². The van der Waals surface area contributed by atoms with Gasteiger partial charge in [0.25, 0.3) is 0 Å². The largest absolute Gasteiger partial charge is 0.396 e. The Kier molecular flexibility index (Phi) is 14.0. The van der Waals surface area contributed by atoms with Crippen LogP contribution in [0.1, 0.15) is 92.9 Å². The molecule has 0 spiro atoms. The summed E-state index contributed by atoms with van der Waals surface area (Å²) in [4.78, 5) is 0. The van der Waals surface area contributed by atoms with Crippen LogP contribution in [0.3, 0.4) is 0 Å². The van der Waals surface area contributed by atoms with E-state index in [9.17, 15) is 71.5 Å². The van der Waals surface area contributed by atoms with Crippen LogP contribution in [0.5, 0.6) is 0 Å². The van der Waals surface area contributed by atoms with Crippen molar-refractivity contribution in [2.24, 2.45) is 50.2 Å². The van der Waals surface area contributed by atoms with Crippen LogP contribution >= 0.6 is 0 Å². The van der Waals surface area contributed by atoms with Crippen molar-refractivity contribution >= 4 is 0 Å². The van der Waals surface area contributed by atoms with E-state index in [2.05, 4.69) is 46.8 Å². The first-order chi connectivity index (χ1) is 31.3. The standard InChI is InChI=1S/C48H78O19/c1-42(2)13-14-47(21-52)23(15-42)22-7-8-28-43(3)11-9-29(44(4,20-51)27(43)10-12-45(28,5)46(22,6)16-30(47)53)48(39(61)35(58)32(55)25(18-50)66-48)67-38-26(64-40(62)36(59)34(38)57)19-63-41-37(60)33(56)31(54)24(17-49)65-41/h7-8,24-41,49-62H,9-21H2,1-6H3/t24?,25?,26?,27?,28?,29?,30?,31?,32?,33?,34?,35?,36?,37?,38?,39?,40?,41?,43-,44?,45+,46+,47+,48?/m0/s1. The van der Waals surface area contributed by atoms with Crippen molar-refractivity contribution in [3.05, 3.63) is 23.3 Å². The molecule has 3 saturated carbocycles. The summed E-state index contributed by atoms with van der Waals surface area (Å²) < 4.78 is 30.2. The lowest BCUT2D eigenvalue weighted by Crippen LogP contribution is -2.75. The zero-order valence-corrected chi connectivity index (χ0v) is 39.5. The Hall–Kier alpha value is -1.28. The van der Waals surface area contributed by atoms with Gasteiger partial charge in [0.1, 0.15) is 73.2 Å². The Bertz CT molecular complexity index is 1860. The van der Waals surface area contributed by atoms with E-state index in [1.165, 1.54) is 5.57 Å². The minimum atomic E-state index is -2.48. The first kappa shape index (κ1) is 52.1. The van der Waals surface area contributed by atoms with E-state index >= 15 is 0 Å². The Labute approximate surface area is 391 Å². The fourth-order valence-corrected chi connectivity index (χ4v) is 15.2. The maximum Gasteiger partial charge on any atom is 0.201 e. The van der Waals surface area contributed by atoms with Crippen molar-refractivity contribution < 1.29 is 95.2 Å². The lowest BCUT2D eigenvalue weighted by atomic mass is 9.34. The lowest BCUT2D eigenvalue weighted by Gasteiger charge is -2.71. The van der Waals surface area contributed by atoms with Crippen LogP contribution in [0, 0.1) is 50.2 Å². The molecule has 6 fully saturated rings. The zero-order valence-electron chi connectivity index (χ0n) is 39.5. The molecule has 19 heteroatoms. The molecule has 0 aromatic rings. The van der Waals surface area contributed by atoms with Gasteiger partial charge < -0.3 is 95.2 Å². The Morgan fingerprint density at radius 2 is 1.31 bits per heavy atom. The molecule has 8 aliphatic rings. The number of ether oxygens (including phenoxy) is 5. The molecule has 14 N–H and O–H groups in total. The van der Waals surface area contributed by atoms with Gasteiger partial charge in [-0.1, -0.05) is 59.3 Å². The van der Waals surface area contributed by atoms with Crippen LogP contribution in [0.15, 0.2) is 23.3 Å². The minimum absolute atomic E-state index is 0.0208. The average Bonchev–Trinajstić information content (AvgIpc) is 3.28. The van der Waals surface area contributed by atoms with E-state index in [1.807, 2.05) is 6.92 Å². The van der Waals surface area contributed by atoms with Crippen LogP contribution < -0.4 is 0 Å². The molecule has 384 valence electrons. The molecule has 5 aliphatic carbocycles. The van der Waals surface area contributed by atoms with Crippen molar-refractivity contribution in [3.8, 4) is 0 Å². The monoisotopic (exact) mass is 959 g/mol. The molecule has 8 rings (SSSR count). The van der Waals surface area contributed by atoms with Crippen LogP contribution in [0.2, 0.25) is 0 Å². The van der Waals surface area contributed by atoms with Gasteiger partial charge in [-0.3, -0.25) is 0 Å². The molecule has 0 aromatic carbocycles. The molecule has 3 heterocycles. The van der Waals surface area contributed by atoms with Gasteiger partial charge >= 0.3 is 0 Å². The maximum absolute atomic E-state index is 12.3. The molecule has 0 amide bonds. The first-order valence-electron chi connectivity index (χ1n) is 24.3. The van der Waals surface area contributed by atoms with Gasteiger partial charge in [0.05, 0.1) is 32.5 Å². The van der Waals surface area contributed by atoms with Crippen LogP contribution in [0.4, 0.5) is 0 Å². The molecule has 67 heavy (non-hydrogen) atoms. The van der Waals surface area contributed by atoms with Crippen molar-refractivity contribution in [1.82, 2.24) is 0 Å². The summed E-state index contributed by atoms with van der Waals surface area (Å²) in [6.45, 7) is 10.1. The summed E-state index contributed by atoms with van der Waals surface area (Å²) in [7, 11) is 0. The van der Waals surface area contributed by atoms with Gasteiger partial charge in [0.2, 0.25) is 5.79 Å². The molecule has 24 atom stereocenters. The molecule has 0 aromatic heterocycles. The molecular formula is C48H78O19. The van der Waals surface area contributed by atoms with Crippen molar-refractivity contribution in [2.75, 3.05) is 33.0 Å². The average molecular weight is 959 g/mol. The fourth-order valence-electron chi connectivity index (χ4n) is 15.2. The number of hydrogen-bond acceptors (Lipinski definition) is 19. The summed E-state index contributed by atoms with van der Waals surface area (Å²) in [6, 6.07) is 0. The second-order valence-corrected chi connectivity index (χ2v) is 23.4. The van der Waals surface area contributed by atoms with Crippen LogP contribution in [-0.4, -0.2) is 202 Å². The van der Waals surface area contributed by atoms with Gasteiger partial charge in [0.15, 0.2) is 12.6 Å². The van der Waals surface area contributed by atoms with Crippen molar-refractivity contribution in [3.63, 3.8) is 0 Å². The van der Waals surface area contributed by atoms with Gasteiger partial charge in [-0.25, -0.2) is 0 Å². The number of rotatable bonds is 10. The van der Waals surface area contributed by atoms with Gasteiger partial charge in [0, 0.05) is 28.8 Å². The van der Waals surface area contributed by atoms with E-state index < -0.39 is 157 Å². The Morgan fingerprint density at radius 3 is 1.96 bits per heavy atom. The number of fused-ring (bicyclic) bond motifs is 6. The van der Waals surface area contributed by atoms with Gasteiger partial charge in [-0.2, -0.15) is 0 Å². The normalized spacial score (nSPS) is 55.3. The molecule has 3 saturated heterocycles. The van der Waals surface area contributed by atoms with E-state index in [-0.39, 0.29) is 30.3 Å². The molecule has 19 nitrogen and oxygen atoms in total. The molecule has 0 radical (unpaired) electrons. The quantitative estimate of drug-likeness (QED) is 0.113.